The first-order valence-electron chi connectivity index (χ1n) is 8.32. The first kappa shape index (κ1) is 21.5. The molecule has 136 valence electrons. The third kappa shape index (κ3) is 5.21. The summed E-state index contributed by atoms with van der Waals surface area (Å²) >= 11 is 6.84. The molecule has 0 amide bonds. The highest BCUT2D eigenvalue weighted by atomic mass is 35.5. The number of rotatable bonds is 8. The lowest BCUT2D eigenvalue weighted by atomic mass is 9.90. The summed E-state index contributed by atoms with van der Waals surface area (Å²) in [5.41, 5.74) is 1.43. The van der Waals surface area contributed by atoms with Gasteiger partial charge in [0.1, 0.15) is 6.61 Å². The van der Waals surface area contributed by atoms with Crippen molar-refractivity contribution in [2.24, 2.45) is 0 Å². The number of alkyl halides is 1. The van der Waals surface area contributed by atoms with Crippen LogP contribution in [-0.2, 0) is 14.4 Å². The Kier molecular flexibility index (Phi) is 8.98. The average molecular weight is 382 g/mol. The predicted molar refractivity (Wildman–Crippen MR) is 106 cm³/mol. The molecule has 5 heteroatoms. The summed E-state index contributed by atoms with van der Waals surface area (Å²) in [6.45, 7) is 7.06. The van der Waals surface area contributed by atoms with Gasteiger partial charge in [-0.3, -0.25) is 0 Å². The molecule has 2 aromatic carbocycles. The maximum absolute atomic E-state index is 12.9. The van der Waals surface area contributed by atoms with Crippen molar-refractivity contribution < 1.29 is 9.53 Å². The molecule has 0 fully saturated rings. The van der Waals surface area contributed by atoms with Crippen molar-refractivity contribution in [1.29, 1.82) is 0 Å². The summed E-state index contributed by atoms with van der Waals surface area (Å²) in [5, 5.41) is 0. The fourth-order valence-electron chi connectivity index (χ4n) is 2.64. The molecule has 0 bridgehead atoms. The summed E-state index contributed by atoms with van der Waals surface area (Å²) < 4.78 is 5.54. The van der Waals surface area contributed by atoms with E-state index in [9.17, 15) is 4.79 Å². The second-order valence-corrected chi connectivity index (χ2v) is 6.12. The highest BCUT2D eigenvalue weighted by molar-refractivity contribution is 6.36. The summed E-state index contributed by atoms with van der Waals surface area (Å²) in [7, 11) is 0. The molecule has 0 aromatic heterocycles. The van der Waals surface area contributed by atoms with Crippen LogP contribution in [0.2, 0.25) is 0 Å². The number of ether oxygens (including phenoxy) is 1. The predicted octanol–water partition coefficient (Wildman–Crippen LogP) is 4.48. The topological polar surface area (TPSA) is 29.5 Å². The van der Waals surface area contributed by atoms with E-state index in [4.69, 9.17) is 16.3 Å². The molecule has 25 heavy (non-hydrogen) atoms. The Balaban J connectivity index is 0.00000312. The van der Waals surface area contributed by atoms with Crippen LogP contribution in [-0.4, -0.2) is 37.1 Å². The Morgan fingerprint density at radius 3 is 1.80 bits per heavy atom. The highest BCUT2D eigenvalue weighted by Crippen LogP contribution is 2.37. The number of esters is 1. The summed E-state index contributed by atoms with van der Waals surface area (Å²) in [6, 6.07) is 18.7. The molecule has 0 saturated carbocycles. The minimum atomic E-state index is -1.33. The van der Waals surface area contributed by atoms with Gasteiger partial charge in [-0.25, -0.2) is 4.79 Å². The van der Waals surface area contributed by atoms with E-state index < -0.39 is 10.8 Å². The van der Waals surface area contributed by atoms with E-state index in [1.165, 1.54) is 0 Å². The number of benzene rings is 2. The molecular weight excluding hydrogens is 357 g/mol. The van der Waals surface area contributed by atoms with E-state index in [-0.39, 0.29) is 12.4 Å². The second kappa shape index (κ2) is 10.4. The molecular formula is C20H25Cl2NO2. The van der Waals surface area contributed by atoms with Crippen molar-refractivity contribution in [2.75, 3.05) is 26.2 Å². The van der Waals surface area contributed by atoms with E-state index in [1.54, 1.807) is 0 Å². The zero-order valence-electron chi connectivity index (χ0n) is 14.7. The Morgan fingerprint density at radius 2 is 1.40 bits per heavy atom. The molecule has 0 N–H and O–H groups in total. The first-order chi connectivity index (χ1) is 11.6. The standard InChI is InChI=1S/C20H24ClNO2.ClH/c1-3-22(4-2)15-16-24-19(23)20(21,17-11-7-5-8-12-17)18-13-9-6-10-14-18;/h5-14H,3-4,15-16H2,1-2H3;1H. The molecule has 0 unspecified atom stereocenters. The minimum absolute atomic E-state index is 0. The lowest BCUT2D eigenvalue weighted by Crippen LogP contribution is -2.35. The Labute approximate surface area is 161 Å². The number of hydrogen-bond acceptors (Lipinski definition) is 3. The van der Waals surface area contributed by atoms with E-state index in [0.29, 0.717) is 24.3 Å². The minimum Gasteiger partial charge on any atom is -0.463 e. The lowest BCUT2D eigenvalue weighted by molar-refractivity contribution is -0.146. The Hall–Kier alpha value is -1.55. The van der Waals surface area contributed by atoms with E-state index in [1.807, 2.05) is 60.7 Å². The molecule has 0 atom stereocenters. The SMILES string of the molecule is CCN(CC)CCOC(=O)C(Cl)(c1ccccc1)c1ccccc1.Cl. The van der Waals surface area contributed by atoms with Gasteiger partial charge in [-0.1, -0.05) is 86.1 Å². The number of halogens is 2. The van der Waals surface area contributed by atoms with Crippen molar-refractivity contribution in [1.82, 2.24) is 4.90 Å². The number of carbonyl (C=O) groups excluding carboxylic acids is 1. The van der Waals surface area contributed by atoms with Crippen molar-refractivity contribution in [2.45, 2.75) is 18.7 Å². The van der Waals surface area contributed by atoms with Gasteiger partial charge < -0.3 is 9.64 Å². The molecule has 0 aliphatic heterocycles. The zero-order chi connectivity index (χ0) is 17.4. The number of hydrogen-bond donors (Lipinski definition) is 0. The monoisotopic (exact) mass is 381 g/mol. The molecule has 0 saturated heterocycles. The summed E-state index contributed by atoms with van der Waals surface area (Å²) in [4.78, 5) is 13.7. The average Bonchev–Trinajstić information content (AvgIpc) is 2.65. The fourth-order valence-corrected chi connectivity index (χ4v) is 2.95. The van der Waals surface area contributed by atoms with Crippen LogP contribution in [0.5, 0.6) is 0 Å². The normalized spacial score (nSPS) is 11.0. The third-order valence-electron chi connectivity index (χ3n) is 4.16. The van der Waals surface area contributed by atoms with Crippen LogP contribution in [0.15, 0.2) is 60.7 Å². The lowest BCUT2D eigenvalue weighted by Gasteiger charge is -2.27. The van der Waals surface area contributed by atoms with E-state index in [0.717, 1.165) is 13.1 Å². The largest absolute Gasteiger partial charge is 0.463 e. The summed E-state index contributed by atoms with van der Waals surface area (Å²) in [5.74, 6) is -0.436. The van der Waals surface area contributed by atoms with Crippen molar-refractivity contribution >= 4 is 30.0 Å². The van der Waals surface area contributed by atoms with Crippen LogP contribution < -0.4 is 0 Å². The summed E-state index contributed by atoms with van der Waals surface area (Å²) in [6.07, 6.45) is 0. The molecule has 0 aliphatic carbocycles. The zero-order valence-corrected chi connectivity index (χ0v) is 16.2. The number of carbonyl (C=O) groups is 1. The fraction of sp³-hybridized carbons (Fsp3) is 0.350. The van der Waals surface area contributed by atoms with Crippen LogP contribution in [0.3, 0.4) is 0 Å². The van der Waals surface area contributed by atoms with Crippen molar-refractivity contribution in [3.05, 3.63) is 71.8 Å². The van der Waals surface area contributed by atoms with Crippen LogP contribution in [0, 0.1) is 0 Å². The van der Waals surface area contributed by atoms with Gasteiger partial charge in [0.05, 0.1) is 0 Å². The molecule has 3 nitrogen and oxygen atoms in total. The van der Waals surface area contributed by atoms with Gasteiger partial charge in [-0.15, -0.1) is 12.4 Å². The maximum atomic E-state index is 12.9. The van der Waals surface area contributed by atoms with Gasteiger partial charge in [0, 0.05) is 6.54 Å². The smallest absolute Gasteiger partial charge is 0.336 e. The van der Waals surface area contributed by atoms with Gasteiger partial charge in [-0.05, 0) is 24.2 Å². The highest BCUT2D eigenvalue weighted by Gasteiger charge is 2.41. The quantitative estimate of drug-likeness (QED) is 0.498. The molecule has 2 rings (SSSR count). The van der Waals surface area contributed by atoms with Crippen molar-refractivity contribution in [3.63, 3.8) is 0 Å². The van der Waals surface area contributed by atoms with Crippen LogP contribution in [0.1, 0.15) is 25.0 Å². The maximum Gasteiger partial charge on any atom is 0.336 e. The molecule has 0 heterocycles. The molecule has 0 spiro atoms. The third-order valence-corrected chi connectivity index (χ3v) is 4.75. The van der Waals surface area contributed by atoms with Gasteiger partial charge in [0.2, 0.25) is 0 Å². The van der Waals surface area contributed by atoms with Gasteiger partial charge >= 0.3 is 5.97 Å². The van der Waals surface area contributed by atoms with Gasteiger partial charge in [0.25, 0.3) is 0 Å². The second-order valence-electron chi connectivity index (χ2n) is 5.55. The van der Waals surface area contributed by atoms with Gasteiger partial charge in [-0.2, -0.15) is 0 Å². The van der Waals surface area contributed by atoms with E-state index >= 15 is 0 Å². The van der Waals surface area contributed by atoms with E-state index in [2.05, 4.69) is 18.7 Å². The Bertz CT molecular complexity index is 591. The molecule has 0 aliphatic rings. The Morgan fingerprint density at radius 1 is 0.960 bits per heavy atom. The number of likely N-dealkylation sites (N-methyl/N-ethyl adjacent to an activating group) is 1. The van der Waals surface area contributed by atoms with Crippen molar-refractivity contribution in [3.8, 4) is 0 Å². The molecule has 2 aromatic rings. The van der Waals surface area contributed by atoms with Crippen LogP contribution in [0.25, 0.3) is 0 Å². The van der Waals surface area contributed by atoms with Gasteiger partial charge in [0.15, 0.2) is 4.87 Å². The van der Waals surface area contributed by atoms with Crippen LogP contribution in [0.4, 0.5) is 0 Å². The molecule has 0 radical (unpaired) electrons. The number of nitrogens with zero attached hydrogens (tertiary/aromatic N) is 1. The first-order valence-corrected chi connectivity index (χ1v) is 8.70. The van der Waals surface area contributed by atoms with Crippen LogP contribution >= 0.6 is 24.0 Å².